The average Bonchev–Trinajstić information content (AvgIpc) is 2.98. The first-order chi connectivity index (χ1) is 12.3. The number of anilines is 3. The largest absolute Gasteiger partial charge is 0.378 e. The molecule has 2 rings (SSSR count). The maximum atomic E-state index is 12.0. The number of hydrazone groups is 1. The molecule has 0 fully saturated rings. The fourth-order valence-electron chi connectivity index (χ4n) is 2.08. The minimum absolute atomic E-state index is 0.0865. The van der Waals surface area contributed by atoms with E-state index in [1.54, 1.807) is 13.1 Å². The van der Waals surface area contributed by atoms with Crippen molar-refractivity contribution in [3.8, 4) is 0 Å². The van der Waals surface area contributed by atoms with E-state index in [1.165, 1.54) is 11.3 Å². The van der Waals surface area contributed by atoms with Gasteiger partial charge in [-0.15, -0.1) is 11.3 Å². The van der Waals surface area contributed by atoms with Crippen molar-refractivity contribution in [2.24, 2.45) is 5.10 Å². The highest BCUT2D eigenvalue weighted by Gasteiger charge is 2.08. The van der Waals surface area contributed by atoms with Crippen LogP contribution in [0.15, 0.2) is 35.6 Å². The van der Waals surface area contributed by atoms with E-state index in [9.17, 15) is 9.59 Å². The molecule has 0 unspecified atom stereocenters. The van der Waals surface area contributed by atoms with Crippen LogP contribution in [-0.4, -0.2) is 36.6 Å². The summed E-state index contributed by atoms with van der Waals surface area (Å²) in [4.78, 5) is 30.5. The summed E-state index contributed by atoms with van der Waals surface area (Å²) in [6.45, 7) is 1.68. The first-order valence-corrected chi connectivity index (χ1v) is 8.74. The Balaban J connectivity index is 1.80. The number of thiazole rings is 1. The zero-order valence-corrected chi connectivity index (χ0v) is 15.8. The molecule has 9 heteroatoms. The zero-order valence-electron chi connectivity index (χ0n) is 14.9. The topological polar surface area (TPSA) is 113 Å². The Kier molecular flexibility index (Phi) is 6.67. The summed E-state index contributed by atoms with van der Waals surface area (Å²) in [6.07, 6.45) is 1.80. The molecule has 0 aliphatic carbocycles. The van der Waals surface area contributed by atoms with Gasteiger partial charge in [0.1, 0.15) is 0 Å². The molecule has 0 radical (unpaired) electrons. The van der Waals surface area contributed by atoms with E-state index in [-0.39, 0.29) is 24.7 Å². The summed E-state index contributed by atoms with van der Waals surface area (Å²) in [5.74, 6) is -0.485. The summed E-state index contributed by atoms with van der Waals surface area (Å²) >= 11 is 1.26. The predicted molar refractivity (Wildman–Crippen MR) is 105 cm³/mol. The molecule has 0 aliphatic rings. The van der Waals surface area contributed by atoms with E-state index >= 15 is 0 Å². The SMILES string of the molecule is C/C(CC(=O)Nc1ccc(N(C)C)cc1)=N\NC(=O)Cc1cnc(N)s1. The minimum Gasteiger partial charge on any atom is -0.378 e. The van der Waals surface area contributed by atoms with E-state index in [1.807, 2.05) is 43.3 Å². The van der Waals surface area contributed by atoms with Crippen molar-refractivity contribution in [3.05, 3.63) is 35.3 Å². The molecule has 1 heterocycles. The van der Waals surface area contributed by atoms with Gasteiger partial charge in [0.2, 0.25) is 11.8 Å². The first-order valence-electron chi connectivity index (χ1n) is 7.93. The fraction of sp³-hybridized carbons (Fsp3) is 0.294. The van der Waals surface area contributed by atoms with Crippen LogP contribution in [0.2, 0.25) is 0 Å². The van der Waals surface area contributed by atoms with Gasteiger partial charge in [-0.2, -0.15) is 5.10 Å². The van der Waals surface area contributed by atoms with Gasteiger partial charge in [0, 0.05) is 42.3 Å². The van der Waals surface area contributed by atoms with Gasteiger partial charge in [-0.3, -0.25) is 9.59 Å². The number of nitrogen functional groups attached to an aromatic ring is 1. The summed E-state index contributed by atoms with van der Waals surface area (Å²) < 4.78 is 0. The van der Waals surface area contributed by atoms with E-state index in [2.05, 4.69) is 20.8 Å². The van der Waals surface area contributed by atoms with E-state index in [4.69, 9.17) is 5.73 Å². The fourth-order valence-corrected chi connectivity index (χ4v) is 2.76. The number of carbonyl (C=O) groups is 2. The highest BCUT2D eigenvalue weighted by Crippen LogP contribution is 2.16. The number of rotatable bonds is 7. The van der Waals surface area contributed by atoms with Gasteiger partial charge < -0.3 is 16.0 Å². The molecule has 138 valence electrons. The number of carbonyl (C=O) groups excluding carboxylic acids is 2. The summed E-state index contributed by atoms with van der Waals surface area (Å²) in [5.41, 5.74) is 10.2. The summed E-state index contributed by atoms with van der Waals surface area (Å²) in [6, 6.07) is 7.51. The number of benzene rings is 1. The monoisotopic (exact) mass is 374 g/mol. The summed E-state index contributed by atoms with van der Waals surface area (Å²) in [7, 11) is 3.90. The van der Waals surface area contributed by atoms with Crippen LogP contribution in [0.25, 0.3) is 0 Å². The lowest BCUT2D eigenvalue weighted by Crippen LogP contribution is -2.22. The lowest BCUT2D eigenvalue weighted by Gasteiger charge is -2.13. The van der Waals surface area contributed by atoms with Gasteiger partial charge in [0.05, 0.1) is 12.8 Å². The molecule has 0 saturated carbocycles. The Morgan fingerprint density at radius 2 is 1.92 bits per heavy atom. The Hall–Kier alpha value is -2.94. The normalized spacial score (nSPS) is 11.1. The Bertz CT molecular complexity index is 798. The van der Waals surface area contributed by atoms with Crippen molar-refractivity contribution >= 4 is 45.4 Å². The van der Waals surface area contributed by atoms with Crippen LogP contribution < -0.4 is 21.4 Å². The average molecular weight is 374 g/mol. The number of amides is 2. The van der Waals surface area contributed by atoms with Gasteiger partial charge >= 0.3 is 0 Å². The van der Waals surface area contributed by atoms with Crippen LogP contribution in [0.3, 0.4) is 0 Å². The highest BCUT2D eigenvalue weighted by molar-refractivity contribution is 7.15. The van der Waals surface area contributed by atoms with Crippen molar-refractivity contribution < 1.29 is 9.59 Å². The predicted octanol–water partition coefficient (Wildman–Crippen LogP) is 1.85. The quantitative estimate of drug-likeness (QED) is 0.506. The van der Waals surface area contributed by atoms with Gasteiger partial charge in [0.25, 0.3) is 0 Å². The smallest absolute Gasteiger partial charge is 0.245 e. The molecular formula is C17H22N6O2S. The second kappa shape index (κ2) is 8.95. The molecule has 4 N–H and O–H groups in total. The lowest BCUT2D eigenvalue weighted by molar-refractivity contribution is -0.120. The van der Waals surface area contributed by atoms with Gasteiger partial charge in [-0.25, -0.2) is 10.4 Å². The Morgan fingerprint density at radius 1 is 1.23 bits per heavy atom. The molecule has 2 amide bonds. The maximum absolute atomic E-state index is 12.0. The molecule has 1 aromatic carbocycles. The molecule has 0 saturated heterocycles. The second-order valence-electron chi connectivity index (χ2n) is 5.89. The van der Waals surface area contributed by atoms with Gasteiger partial charge in [-0.05, 0) is 31.2 Å². The van der Waals surface area contributed by atoms with Crippen molar-refractivity contribution in [3.63, 3.8) is 0 Å². The minimum atomic E-state index is -0.285. The molecule has 8 nitrogen and oxygen atoms in total. The summed E-state index contributed by atoms with van der Waals surface area (Å²) in [5, 5.41) is 7.17. The van der Waals surface area contributed by atoms with Crippen molar-refractivity contribution in [2.75, 3.05) is 30.0 Å². The number of nitrogens with one attached hydrogen (secondary N) is 2. The maximum Gasteiger partial charge on any atom is 0.245 e. The number of hydrogen-bond acceptors (Lipinski definition) is 7. The number of hydrogen-bond donors (Lipinski definition) is 3. The number of aromatic nitrogens is 1. The van der Waals surface area contributed by atoms with Crippen LogP contribution in [-0.2, 0) is 16.0 Å². The molecule has 0 atom stereocenters. The molecule has 0 aliphatic heterocycles. The van der Waals surface area contributed by atoms with Crippen molar-refractivity contribution in [1.29, 1.82) is 0 Å². The van der Waals surface area contributed by atoms with Crippen LogP contribution in [0.4, 0.5) is 16.5 Å². The lowest BCUT2D eigenvalue weighted by atomic mass is 10.2. The number of nitrogens with two attached hydrogens (primary N) is 1. The van der Waals surface area contributed by atoms with Crippen molar-refractivity contribution in [1.82, 2.24) is 10.4 Å². The molecule has 0 spiro atoms. The second-order valence-corrected chi connectivity index (χ2v) is 7.04. The van der Waals surface area contributed by atoms with Crippen LogP contribution in [0.5, 0.6) is 0 Å². The first kappa shape index (κ1) is 19.4. The van der Waals surface area contributed by atoms with Crippen LogP contribution in [0, 0.1) is 0 Å². The molecule has 0 bridgehead atoms. The van der Waals surface area contributed by atoms with Crippen LogP contribution >= 0.6 is 11.3 Å². The van der Waals surface area contributed by atoms with E-state index in [0.29, 0.717) is 16.5 Å². The van der Waals surface area contributed by atoms with Gasteiger partial charge in [-0.1, -0.05) is 0 Å². The third-order valence-corrected chi connectivity index (χ3v) is 4.19. The van der Waals surface area contributed by atoms with Crippen LogP contribution in [0.1, 0.15) is 18.2 Å². The van der Waals surface area contributed by atoms with Crippen molar-refractivity contribution in [2.45, 2.75) is 19.8 Å². The standard InChI is InChI=1S/C17H22N6O2S/c1-11(21-22-16(25)9-14-10-19-17(18)26-14)8-15(24)20-12-4-6-13(7-5-12)23(2)3/h4-7,10H,8-9H2,1-3H3,(H2,18,19)(H,20,24)(H,22,25)/b21-11+. The third kappa shape index (κ3) is 6.17. The van der Waals surface area contributed by atoms with E-state index < -0.39 is 0 Å². The molecule has 2 aromatic rings. The Morgan fingerprint density at radius 3 is 2.50 bits per heavy atom. The molecule has 26 heavy (non-hydrogen) atoms. The third-order valence-electron chi connectivity index (χ3n) is 3.36. The van der Waals surface area contributed by atoms with E-state index in [0.717, 1.165) is 10.6 Å². The number of nitrogens with zero attached hydrogens (tertiary/aromatic N) is 3. The van der Waals surface area contributed by atoms with Gasteiger partial charge in [0.15, 0.2) is 5.13 Å². The zero-order chi connectivity index (χ0) is 19.1. The molecule has 1 aromatic heterocycles. The Labute approximate surface area is 156 Å². The molecular weight excluding hydrogens is 352 g/mol. The highest BCUT2D eigenvalue weighted by atomic mass is 32.1.